The van der Waals surface area contributed by atoms with Gasteiger partial charge in [-0.3, -0.25) is 0 Å². The molecule has 0 aliphatic heterocycles. The Balaban J connectivity index is 1.83. The third-order valence-corrected chi connectivity index (χ3v) is 3.75. The van der Waals surface area contributed by atoms with Gasteiger partial charge in [-0.2, -0.15) is 4.91 Å². The van der Waals surface area contributed by atoms with Crippen LogP contribution in [0.1, 0.15) is 12.8 Å². The minimum absolute atomic E-state index is 0.492. The van der Waals surface area contributed by atoms with Gasteiger partial charge in [-0.25, -0.2) is 0 Å². The van der Waals surface area contributed by atoms with E-state index in [1.807, 2.05) is 0 Å². The van der Waals surface area contributed by atoms with Crippen molar-refractivity contribution < 1.29 is 0 Å². The number of nitrogens with zero attached hydrogens (tertiary/aromatic N) is 1. The van der Waals surface area contributed by atoms with Crippen molar-refractivity contribution in [2.75, 3.05) is 6.54 Å². The van der Waals surface area contributed by atoms with Gasteiger partial charge in [0.25, 0.3) is 0 Å². The van der Waals surface area contributed by atoms with Crippen molar-refractivity contribution in [3.05, 3.63) is 17.1 Å². The summed E-state index contributed by atoms with van der Waals surface area (Å²) in [6.45, 7) is 0.510. The number of rotatable bonds is 2. The summed E-state index contributed by atoms with van der Waals surface area (Å²) in [6, 6.07) is 0. The van der Waals surface area contributed by atoms with Crippen molar-refractivity contribution in [1.82, 2.24) is 0 Å². The first-order valence-corrected chi connectivity index (χ1v) is 4.34. The van der Waals surface area contributed by atoms with E-state index in [1.54, 1.807) is 0 Å². The van der Waals surface area contributed by atoms with E-state index in [-0.39, 0.29) is 0 Å². The van der Waals surface area contributed by atoms with Gasteiger partial charge in [-0.15, -0.1) is 0 Å². The van der Waals surface area contributed by atoms with E-state index >= 15 is 0 Å². The van der Waals surface area contributed by atoms with Gasteiger partial charge in [-0.05, 0) is 30.1 Å². The summed E-state index contributed by atoms with van der Waals surface area (Å²) in [5, 5.41) is 2.98. The zero-order valence-electron chi connectivity index (χ0n) is 6.36. The molecule has 11 heavy (non-hydrogen) atoms. The molecular weight excluding hydrogens is 138 g/mol. The highest BCUT2D eigenvalue weighted by Crippen LogP contribution is 2.78. The molecule has 2 heteroatoms. The molecule has 0 heterocycles. The Morgan fingerprint density at radius 3 is 3.18 bits per heavy atom. The molecule has 1 spiro atoms. The van der Waals surface area contributed by atoms with Gasteiger partial charge in [0, 0.05) is 5.92 Å². The van der Waals surface area contributed by atoms with Crippen LogP contribution in [-0.2, 0) is 0 Å². The van der Waals surface area contributed by atoms with Crippen molar-refractivity contribution >= 4 is 0 Å². The van der Waals surface area contributed by atoms with Crippen LogP contribution in [-0.4, -0.2) is 6.54 Å². The standard InChI is InChI=1S/C9H11NO/c11-10-5-6-1-2-7-3-9(7)4-8(6)9/h1-2,6-8H,3-5H2/t6-,7?,8?,9+/m1/s1. The molecule has 58 valence electrons. The lowest BCUT2D eigenvalue weighted by molar-refractivity contribution is 0.501. The average Bonchev–Trinajstić information content (AvgIpc) is 2.82. The Morgan fingerprint density at radius 1 is 1.45 bits per heavy atom. The van der Waals surface area contributed by atoms with Gasteiger partial charge in [0.15, 0.2) is 0 Å². The predicted molar refractivity (Wildman–Crippen MR) is 41.9 cm³/mol. The van der Waals surface area contributed by atoms with Crippen molar-refractivity contribution in [2.24, 2.45) is 28.3 Å². The lowest BCUT2D eigenvalue weighted by Crippen LogP contribution is -2.08. The van der Waals surface area contributed by atoms with Crippen LogP contribution in [0.25, 0.3) is 0 Å². The summed E-state index contributed by atoms with van der Waals surface area (Å²) in [5.41, 5.74) is 0.699. The van der Waals surface area contributed by atoms with Crippen molar-refractivity contribution in [3.63, 3.8) is 0 Å². The molecule has 3 aliphatic carbocycles. The van der Waals surface area contributed by atoms with Crippen LogP contribution < -0.4 is 0 Å². The first-order chi connectivity index (χ1) is 5.37. The Morgan fingerprint density at radius 2 is 2.36 bits per heavy atom. The third-order valence-electron chi connectivity index (χ3n) is 3.75. The Bertz CT molecular complexity index is 248. The second-order valence-corrected chi connectivity index (χ2v) is 4.21. The molecule has 0 aromatic carbocycles. The third kappa shape index (κ3) is 0.585. The molecule has 3 rings (SSSR count). The summed E-state index contributed by atoms with van der Waals surface area (Å²) < 4.78 is 0. The van der Waals surface area contributed by atoms with E-state index in [4.69, 9.17) is 0 Å². The zero-order chi connectivity index (χ0) is 7.47. The monoisotopic (exact) mass is 149 g/mol. The van der Waals surface area contributed by atoms with Crippen molar-refractivity contribution in [3.8, 4) is 0 Å². The maximum absolute atomic E-state index is 10.1. The lowest BCUT2D eigenvalue weighted by Gasteiger charge is -2.10. The fourth-order valence-corrected chi connectivity index (χ4v) is 2.88. The minimum Gasteiger partial charge on any atom is -0.151 e. The molecule has 2 nitrogen and oxygen atoms in total. The van der Waals surface area contributed by atoms with Gasteiger partial charge in [0.2, 0.25) is 0 Å². The molecule has 2 fully saturated rings. The Labute approximate surface area is 65.6 Å². The van der Waals surface area contributed by atoms with E-state index in [2.05, 4.69) is 17.3 Å². The highest BCUT2D eigenvalue weighted by molar-refractivity contribution is 5.30. The van der Waals surface area contributed by atoms with E-state index in [9.17, 15) is 4.91 Å². The molecule has 3 aliphatic rings. The average molecular weight is 149 g/mol. The fraction of sp³-hybridized carbons (Fsp3) is 0.778. The topological polar surface area (TPSA) is 29.4 Å². The number of nitroso groups, excluding NO2 is 1. The zero-order valence-corrected chi connectivity index (χ0v) is 6.36. The number of allylic oxidation sites excluding steroid dienone is 1. The maximum Gasteiger partial charge on any atom is 0.0876 e. The second-order valence-electron chi connectivity index (χ2n) is 4.21. The van der Waals surface area contributed by atoms with E-state index in [1.165, 1.54) is 12.8 Å². The van der Waals surface area contributed by atoms with Gasteiger partial charge in [0.05, 0.1) is 6.54 Å². The highest BCUT2D eigenvalue weighted by atomic mass is 16.3. The second kappa shape index (κ2) is 1.57. The summed E-state index contributed by atoms with van der Waals surface area (Å²) in [5.74, 6) is 2.21. The molecule has 0 bridgehead atoms. The normalized spacial score (nSPS) is 56.2. The largest absolute Gasteiger partial charge is 0.151 e. The first-order valence-electron chi connectivity index (χ1n) is 4.34. The van der Waals surface area contributed by atoms with Crippen LogP contribution in [0.4, 0.5) is 0 Å². The summed E-state index contributed by atoms with van der Waals surface area (Å²) >= 11 is 0. The van der Waals surface area contributed by atoms with Gasteiger partial charge < -0.3 is 0 Å². The quantitative estimate of drug-likeness (QED) is 0.436. The molecule has 0 saturated heterocycles. The molecular formula is C9H11NO. The van der Waals surface area contributed by atoms with Crippen molar-refractivity contribution in [2.45, 2.75) is 12.8 Å². The molecule has 4 atom stereocenters. The van der Waals surface area contributed by atoms with Gasteiger partial charge in [-0.1, -0.05) is 17.3 Å². The maximum atomic E-state index is 10.1. The fourth-order valence-electron chi connectivity index (χ4n) is 2.88. The molecule has 0 N–H and O–H groups in total. The SMILES string of the molecule is O=NC[C@H]1C=CC2C[C@]23CC13. The molecule has 0 aromatic heterocycles. The summed E-state index contributed by atoms with van der Waals surface area (Å²) in [7, 11) is 0. The van der Waals surface area contributed by atoms with Gasteiger partial charge in [0.1, 0.15) is 0 Å². The Hall–Kier alpha value is -0.660. The van der Waals surface area contributed by atoms with Crippen LogP contribution >= 0.6 is 0 Å². The highest BCUT2D eigenvalue weighted by Gasteiger charge is 2.71. The molecule has 0 amide bonds. The van der Waals surface area contributed by atoms with Crippen molar-refractivity contribution in [1.29, 1.82) is 0 Å². The van der Waals surface area contributed by atoms with Crippen LogP contribution in [0, 0.1) is 28.1 Å². The molecule has 0 radical (unpaired) electrons. The molecule has 0 aromatic rings. The number of hydrogen-bond acceptors (Lipinski definition) is 2. The first kappa shape index (κ1) is 5.92. The van der Waals surface area contributed by atoms with E-state index in [0.717, 1.165) is 11.8 Å². The lowest BCUT2D eigenvalue weighted by atomic mass is 9.96. The predicted octanol–water partition coefficient (Wildman–Crippen LogP) is 1.97. The molecule has 2 saturated carbocycles. The van der Waals surface area contributed by atoms with Crippen LogP contribution in [0.15, 0.2) is 17.3 Å². The molecule has 2 unspecified atom stereocenters. The van der Waals surface area contributed by atoms with Gasteiger partial charge >= 0.3 is 0 Å². The van der Waals surface area contributed by atoms with Crippen LogP contribution in [0.2, 0.25) is 0 Å². The number of hydrogen-bond donors (Lipinski definition) is 0. The smallest absolute Gasteiger partial charge is 0.0876 e. The van der Waals surface area contributed by atoms with Crippen LogP contribution in [0.3, 0.4) is 0 Å². The summed E-state index contributed by atoms with van der Waals surface area (Å²) in [6.07, 6.45) is 7.28. The van der Waals surface area contributed by atoms with E-state index < -0.39 is 0 Å². The Kier molecular flexibility index (Phi) is 0.846. The van der Waals surface area contributed by atoms with Crippen LogP contribution in [0.5, 0.6) is 0 Å². The summed E-state index contributed by atoms with van der Waals surface area (Å²) in [4.78, 5) is 10.1. The minimum atomic E-state index is 0.492. The van der Waals surface area contributed by atoms with E-state index in [0.29, 0.717) is 17.9 Å².